The molecule has 0 N–H and O–H groups in total. The highest BCUT2D eigenvalue weighted by Gasteiger charge is 2.29. The van der Waals surface area contributed by atoms with Crippen LogP contribution in [0.4, 0.5) is 39.8 Å². The number of nitriles is 1. The predicted octanol–water partition coefficient (Wildman–Crippen LogP) is 15.6. The first kappa shape index (κ1) is 40.1. The van der Waals surface area contributed by atoms with Crippen molar-refractivity contribution in [2.75, 3.05) is 9.80 Å². The maximum Gasteiger partial charge on any atom is 0.187 e. The molecule has 0 aliphatic rings. The lowest BCUT2D eigenvalue weighted by molar-refractivity contribution is 1.30. The van der Waals surface area contributed by atoms with E-state index in [1.807, 2.05) is 24.3 Å². The van der Waals surface area contributed by atoms with Crippen LogP contribution in [-0.4, -0.2) is 20.5 Å². The molecule has 312 valence electrons. The molecule has 2 heterocycles. The summed E-state index contributed by atoms with van der Waals surface area (Å²) in [7, 11) is -3.15. The van der Waals surface area contributed by atoms with Gasteiger partial charge in [-0.3, -0.25) is 0 Å². The summed E-state index contributed by atoms with van der Waals surface area (Å²) in [6.07, 6.45) is 0. The zero-order chi connectivity index (χ0) is 44.8. The monoisotopic (exact) mass is 869 g/mol. The number of fused-ring (bicyclic) bond motifs is 8. The zero-order valence-electron chi connectivity index (χ0n) is 37.5. The standard InChI is InChI=1S/C58H47N5Si2/c1-60-41-21-25-43(26-22-41)62(45-29-33-47(34-30-45)65(5,6)7)58-49-16-11-9-14-40(49)36-53-55(58)51-18-12-17-50-54-52(63(53)56(50)51)35-39-13-8-10-15-48(39)57(54)61(42-23-19-38(37-59)20-24-42)44-27-31-46(32-28-44)64(2,3)4/h8-36H,2-7H3. The maximum absolute atomic E-state index is 9.86. The summed E-state index contributed by atoms with van der Waals surface area (Å²) >= 11 is 0. The Balaban J connectivity index is 1.28. The van der Waals surface area contributed by atoms with Gasteiger partial charge in [0, 0.05) is 55.1 Å². The van der Waals surface area contributed by atoms with E-state index in [0.29, 0.717) is 11.3 Å². The molecule has 0 radical (unpaired) electrons. The van der Waals surface area contributed by atoms with Crippen LogP contribution in [0.3, 0.4) is 0 Å². The highest BCUT2D eigenvalue weighted by molar-refractivity contribution is 6.89. The lowest BCUT2D eigenvalue weighted by Crippen LogP contribution is -2.37. The third-order valence-corrected chi connectivity index (χ3v) is 17.3. The van der Waals surface area contributed by atoms with E-state index >= 15 is 0 Å². The average Bonchev–Trinajstić information content (AvgIpc) is 3.83. The number of benzene rings is 9. The van der Waals surface area contributed by atoms with Crippen LogP contribution in [0, 0.1) is 17.9 Å². The fourth-order valence-corrected chi connectivity index (χ4v) is 12.3. The second-order valence-electron chi connectivity index (χ2n) is 19.3. The van der Waals surface area contributed by atoms with E-state index in [0.717, 1.165) is 66.7 Å². The molecule has 65 heavy (non-hydrogen) atoms. The Labute approximate surface area is 381 Å². The van der Waals surface area contributed by atoms with Crippen LogP contribution in [-0.2, 0) is 0 Å². The van der Waals surface area contributed by atoms with Crippen LogP contribution >= 0.6 is 0 Å². The Morgan fingerprint density at radius 1 is 0.477 bits per heavy atom. The van der Waals surface area contributed by atoms with Gasteiger partial charge in [-0.2, -0.15) is 5.26 Å². The quantitative estimate of drug-likeness (QED) is 0.113. The molecule has 5 nitrogen and oxygen atoms in total. The Bertz CT molecular complexity index is 3490. The lowest BCUT2D eigenvalue weighted by Gasteiger charge is -2.29. The van der Waals surface area contributed by atoms with E-state index in [-0.39, 0.29) is 0 Å². The van der Waals surface area contributed by atoms with Crippen LogP contribution in [0.5, 0.6) is 0 Å². The molecule has 7 heteroatoms. The number of nitrogens with zero attached hydrogens (tertiary/aromatic N) is 5. The highest BCUT2D eigenvalue weighted by Crippen LogP contribution is 2.53. The molecule has 11 rings (SSSR count). The van der Waals surface area contributed by atoms with Crippen molar-refractivity contribution in [3.63, 3.8) is 0 Å². The second kappa shape index (κ2) is 15.0. The molecular formula is C58H47N5Si2. The van der Waals surface area contributed by atoms with Crippen molar-refractivity contribution < 1.29 is 0 Å². The average molecular weight is 870 g/mol. The number of para-hydroxylation sites is 1. The van der Waals surface area contributed by atoms with Crippen LogP contribution in [0.1, 0.15) is 5.56 Å². The molecule has 9 aromatic carbocycles. The van der Waals surface area contributed by atoms with Crippen molar-refractivity contribution in [3.8, 4) is 6.07 Å². The first-order valence-electron chi connectivity index (χ1n) is 22.3. The van der Waals surface area contributed by atoms with Gasteiger partial charge in [0.1, 0.15) is 0 Å². The molecule has 0 saturated heterocycles. The first-order valence-corrected chi connectivity index (χ1v) is 29.3. The van der Waals surface area contributed by atoms with Gasteiger partial charge in [-0.1, -0.05) is 153 Å². The van der Waals surface area contributed by atoms with E-state index in [1.165, 1.54) is 37.4 Å². The van der Waals surface area contributed by atoms with Gasteiger partial charge >= 0.3 is 0 Å². The van der Waals surface area contributed by atoms with Crippen LogP contribution in [0.2, 0.25) is 39.3 Å². The number of hydrogen-bond donors (Lipinski definition) is 0. The van der Waals surface area contributed by atoms with Gasteiger partial charge in [-0.05, 0) is 83.6 Å². The van der Waals surface area contributed by atoms with E-state index in [1.54, 1.807) is 0 Å². The third kappa shape index (κ3) is 6.46. The van der Waals surface area contributed by atoms with Crippen molar-refractivity contribution in [1.29, 1.82) is 5.26 Å². The summed E-state index contributed by atoms with van der Waals surface area (Å²) in [6.45, 7) is 22.1. The smallest absolute Gasteiger partial charge is 0.187 e. The Morgan fingerprint density at radius 3 is 1.26 bits per heavy atom. The predicted molar refractivity (Wildman–Crippen MR) is 282 cm³/mol. The molecule has 0 unspecified atom stereocenters. The third-order valence-electron chi connectivity index (χ3n) is 13.2. The molecule has 0 fully saturated rings. The van der Waals surface area contributed by atoms with Gasteiger partial charge < -0.3 is 14.2 Å². The SMILES string of the molecule is [C-]#[N+]c1ccc(N(c2ccc([Si](C)(C)C)cc2)c2c3ccccc3cc3c2c2cccc4c5c(N(c6ccc(C#N)cc6)c6ccc([Si](C)(C)C)cc6)c6ccccc6cc5n3c42)cc1. The lowest BCUT2D eigenvalue weighted by atomic mass is 9.98. The Morgan fingerprint density at radius 2 is 0.862 bits per heavy atom. The number of anilines is 6. The summed E-state index contributed by atoms with van der Waals surface area (Å²) in [5.41, 5.74) is 11.0. The Hall–Kier alpha value is -7.69. The van der Waals surface area contributed by atoms with Crippen molar-refractivity contribution in [1.82, 2.24) is 4.40 Å². The minimum Gasteiger partial charge on any atom is -0.309 e. The van der Waals surface area contributed by atoms with Gasteiger partial charge in [0.05, 0.1) is 62.3 Å². The molecule has 0 atom stereocenters. The van der Waals surface area contributed by atoms with E-state index in [2.05, 4.69) is 216 Å². The summed E-state index contributed by atoms with van der Waals surface area (Å²) < 4.78 is 2.51. The molecular weight excluding hydrogens is 823 g/mol. The summed E-state index contributed by atoms with van der Waals surface area (Å²) in [5, 5.41) is 22.0. The fraction of sp³-hybridized carbons (Fsp3) is 0.103. The van der Waals surface area contributed by atoms with Crippen molar-refractivity contribution in [2.24, 2.45) is 0 Å². The van der Waals surface area contributed by atoms with Gasteiger partial charge in [-0.15, -0.1) is 0 Å². The van der Waals surface area contributed by atoms with Crippen molar-refractivity contribution in [3.05, 3.63) is 193 Å². The number of aromatic nitrogens is 1. The second-order valence-corrected chi connectivity index (χ2v) is 29.4. The molecule has 0 spiro atoms. The topological polar surface area (TPSA) is 39.0 Å². The van der Waals surface area contributed by atoms with Crippen LogP contribution in [0.25, 0.3) is 64.5 Å². The summed E-state index contributed by atoms with van der Waals surface area (Å²) in [4.78, 5) is 8.57. The number of rotatable bonds is 8. The fourth-order valence-electron chi connectivity index (χ4n) is 9.93. The van der Waals surface area contributed by atoms with Gasteiger partial charge in [0.25, 0.3) is 0 Å². The zero-order valence-corrected chi connectivity index (χ0v) is 39.5. The van der Waals surface area contributed by atoms with Gasteiger partial charge in [0.2, 0.25) is 0 Å². The van der Waals surface area contributed by atoms with Crippen molar-refractivity contribution >= 4 is 126 Å². The molecule has 0 aliphatic carbocycles. The van der Waals surface area contributed by atoms with E-state index in [4.69, 9.17) is 6.57 Å². The van der Waals surface area contributed by atoms with E-state index < -0.39 is 16.1 Å². The summed E-state index contributed by atoms with van der Waals surface area (Å²) in [6, 6.07) is 65.8. The molecule has 0 saturated carbocycles. The first-order chi connectivity index (χ1) is 31.4. The molecule has 0 bridgehead atoms. The van der Waals surface area contributed by atoms with Gasteiger partial charge in [0.15, 0.2) is 5.69 Å². The Kier molecular flexibility index (Phi) is 9.23. The number of hydrogen-bond acceptors (Lipinski definition) is 3. The van der Waals surface area contributed by atoms with E-state index in [9.17, 15) is 5.26 Å². The molecule has 2 aromatic heterocycles. The van der Waals surface area contributed by atoms with Crippen molar-refractivity contribution in [2.45, 2.75) is 39.3 Å². The minimum absolute atomic E-state index is 0.614. The largest absolute Gasteiger partial charge is 0.309 e. The molecule has 0 amide bonds. The van der Waals surface area contributed by atoms with Crippen LogP contribution < -0.4 is 20.2 Å². The maximum atomic E-state index is 9.86. The molecule has 11 aromatic rings. The normalized spacial score (nSPS) is 12.1. The summed E-state index contributed by atoms with van der Waals surface area (Å²) in [5.74, 6) is 0. The highest BCUT2D eigenvalue weighted by atomic mass is 28.3. The van der Waals surface area contributed by atoms with Crippen LogP contribution in [0.15, 0.2) is 176 Å². The molecule has 0 aliphatic heterocycles. The van der Waals surface area contributed by atoms with Gasteiger partial charge in [-0.25, -0.2) is 4.85 Å². The minimum atomic E-state index is -1.58.